The number of rotatable bonds is 0. The van der Waals surface area contributed by atoms with Crippen LogP contribution in [0.4, 0.5) is 0 Å². The molecule has 0 radical (unpaired) electrons. The first-order valence-corrected chi connectivity index (χ1v) is 2.58. The Morgan fingerprint density at radius 2 is 1.43 bits per heavy atom. The van der Waals surface area contributed by atoms with Gasteiger partial charge >= 0.3 is 0 Å². The summed E-state index contributed by atoms with van der Waals surface area (Å²) >= 11 is 0. The standard InChI is InChI=1S/C4H8O.C2H4/c1-2-4-5-3-1;1-2/h1-4H2;1-2H2. The zero-order chi connectivity index (χ0) is 5.54. The van der Waals surface area contributed by atoms with Crippen LogP contribution >= 0.6 is 0 Å². The normalized spacial score (nSPS) is 17.7. The molecule has 1 heteroatoms. The van der Waals surface area contributed by atoms with Gasteiger partial charge in [0.05, 0.1) is 0 Å². The summed E-state index contributed by atoms with van der Waals surface area (Å²) in [4.78, 5) is 0. The molecule has 7 heavy (non-hydrogen) atoms. The van der Waals surface area contributed by atoms with Crippen LogP contribution in [0, 0.1) is 0 Å². The van der Waals surface area contributed by atoms with E-state index < -0.39 is 0 Å². The molecule has 0 unspecified atom stereocenters. The van der Waals surface area contributed by atoms with Gasteiger partial charge in [-0.05, 0) is 12.8 Å². The van der Waals surface area contributed by atoms with E-state index in [4.69, 9.17) is 4.74 Å². The second kappa shape index (κ2) is 5.70. The van der Waals surface area contributed by atoms with E-state index in [-0.39, 0.29) is 0 Å². The van der Waals surface area contributed by atoms with Gasteiger partial charge in [-0.25, -0.2) is 0 Å². The molecular weight excluding hydrogens is 88.1 g/mol. The summed E-state index contributed by atoms with van der Waals surface area (Å²) in [6.07, 6.45) is 2.56. The molecule has 0 saturated carbocycles. The van der Waals surface area contributed by atoms with Gasteiger partial charge in [0.2, 0.25) is 0 Å². The zero-order valence-corrected chi connectivity index (χ0v) is 4.65. The van der Waals surface area contributed by atoms with Crippen LogP contribution in [0.3, 0.4) is 0 Å². The molecule has 1 fully saturated rings. The van der Waals surface area contributed by atoms with Crippen molar-refractivity contribution in [1.29, 1.82) is 0 Å². The second-order valence-corrected chi connectivity index (χ2v) is 1.32. The maximum atomic E-state index is 4.94. The maximum absolute atomic E-state index is 4.94. The average Bonchev–Trinajstić information content (AvgIpc) is 2.23. The molecule has 0 spiro atoms. The van der Waals surface area contributed by atoms with Crippen molar-refractivity contribution >= 4 is 0 Å². The summed E-state index contributed by atoms with van der Waals surface area (Å²) in [6, 6.07) is 0. The van der Waals surface area contributed by atoms with Crippen molar-refractivity contribution in [3.63, 3.8) is 0 Å². The Labute approximate surface area is 45.0 Å². The topological polar surface area (TPSA) is 9.23 Å². The minimum Gasteiger partial charge on any atom is -0.381 e. The summed E-state index contributed by atoms with van der Waals surface area (Å²) in [5.74, 6) is 0. The van der Waals surface area contributed by atoms with E-state index in [1.165, 1.54) is 12.8 Å². The van der Waals surface area contributed by atoms with Crippen LogP contribution in [0.2, 0.25) is 0 Å². The Hall–Kier alpha value is -0.300. The van der Waals surface area contributed by atoms with Crippen LogP contribution in [-0.4, -0.2) is 13.2 Å². The molecule has 0 aliphatic carbocycles. The predicted molar refractivity (Wildman–Crippen MR) is 31.3 cm³/mol. The molecule has 0 aromatic heterocycles. The van der Waals surface area contributed by atoms with Crippen LogP contribution < -0.4 is 0 Å². The smallest absolute Gasteiger partial charge is 0.0466 e. The molecule has 0 aromatic rings. The molecular formula is C6H12O. The molecule has 0 aromatic carbocycles. The van der Waals surface area contributed by atoms with Gasteiger partial charge in [0.15, 0.2) is 0 Å². The summed E-state index contributed by atoms with van der Waals surface area (Å²) in [5, 5.41) is 0. The maximum Gasteiger partial charge on any atom is 0.0466 e. The Morgan fingerprint density at radius 3 is 1.57 bits per heavy atom. The molecule has 1 heterocycles. The van der Waals surface area contributed by atoms with Crippen LogP contribution in [0.1, 0.15) is 12.8 Å². The number of hydrogen-bond donors (Lipinski definition) is 0. The highest BCUT2D eigenvalue weighted by molar-refractivity contribution is 4.43. The Morgan fingerprint density at radius 1 is 1.00 bits per heavy atom. The largest absolute Gasteiger partial charge is 0.381 e. The van der Waals surface area contributed by atoms with Gasteiger partial charge in [-0.3, -0.25) is 0 Å². The first-order valence-electron chi connectivity index (χ1n) is 2.58. The lowest BCUT2D eigenvalue weighted by Crippen LogP contribution is -1.74. The van der Waals surface area contributed by atoms with Gasteiger partial charge in [-0.15, -0.1) is 13.2 Å². The van der Waals surface area contributed by atoms with Gasteiger partial charge in [-0.2, -0.15) is 0 Å². The van der Waals surface area contributed by atoms with Crippen LogP contribution in [-0.2, 0) is 4.74 Å². The van der Waals surface area contributed by atoms with Crippen LogP contribution in [0.15, 0.2) is 13.2 Å². The Bertz CT molecular complexity index is 23.6. The van der Waals surface area contributed by atoms with Crippen molar-refractivity contribution < 1.29 is 4.74 Å². The SMILES string of the molecule is C1CCOC1.C=C. The van der Waals surface area contributed by atoms with E-state index in [0.717, 1.165) is 13.2 Å². The summed E-state index contributed by atoms with van der Waals surface area (Å²) < 4.78 is 4.94. The highest BCUT2D eigenvalue weighted by Crippen LogP contribution is 1.98. The lowest BCUT2D eigenvalue weighted by Gasteiger charge is -1.76. The van der Waals surface area contributed by atoms with Crippen LogP contribution in [0.5, 0.6) is 0 Å². The summed E-state index contributed by atoms with van der Waals surface area (Å²) in [6.45, 7) is 8.00. The monoisotopic (exact) mass is 100 g/mol. The minimum absolute atomic E-state index is 1.00. The molecule has 0 N–H and O–H groups in total. The van der Waals surface area contributed by atoms with Gasteiger partial charge < -0.3 is 4.74 Å². The van der Waals surface area contributed by atoms with E-state index in [0.29, 0.717) is 0 Å². The van der Waals surface area contributed by atoms with E-state index in [1.54, 1.807) is 0 Å². The van der Waals surface area contributed by atoms with Gasteiger partial charge in [0.1, 0.15) is 0 Å². The summed E-state index contributed by atoms with van der Waals surface area (Å²) in [7, 11) is 0. The average molecular weight is 100 g/mol. The Kier molecular flexibility index (Phi) is 5.46. The first-order chi connectivity index (χ1) is 3.50. The van der Waals surface area contributed by atoms with Crippen molar-refractivity contribution in [2.24, 2.45) is 0 Å². The van der Waals surface area contributed by atoms with E-state index in [9.17, 15) is 0 Å². The van der Waals surface area contributed by atoms with Crippen molar-refractivity contribution in [3.8, 4) is 0 Å². The molecule has 42 valence electrons. The van der Waals surface area contributed by atoms with Crippen LogP contribution in [0.25, 0.3) is 0 Å². The second-order valence-electron chi connectivity index (χ2n) is 1.32. The third-order valence-electron chi connectivity index (χ3n) is 0.827. The fourth-order valence-corrected chi connectivity index (χ4v) is 0.510. The molecule has 1 nitrogen and oxygen atoms in total. The van der Waals surface area contributed by atoms with E-state index in [1.807, 2.05) is 0 Å². The third kappa shape index (κ3) is 3.53. The molecule has 1 aliphatic rings. The summed E-state index contributed by atoms with van der Waals surface area (Å²) in [5.41, 5.74) is 0. The van der Waals surface area contributed by atoms with E-state index >= 15 is 0 Å². The van der Waals surface area contributed by atoms with Crippen molar-refractivity contribution in [1.82, 2.24) is 0 Å². The Balaban J connectivity index is 0.000000162. The minimum atomic E-state index is 1.00. The fourth-order valence-electron chi connectivity index (χ4n) is 0.510. The molecule has 0 amide bonds. The molecule has 1 saturated heterocycles. The van der Waals surface area contributed by atoms with Crippen molar-refractivity contribution in [2.75, 3.05) is 13.2 Å². The van der Waals surface area contributed by atoms with Crippen molar-refractivity contribution in [2.45, 2.75) is 12.8 Å². The molecule has 1 rings (SSSR count). The zero-order valence-electron chi connectivity index (χ0n) is 4.65. The first kappa shape index (κ1) is 6.70. The quantitative estimate of drug-likeness (QED) is 0.420. The fraction of sp³-hybridized carbons (Fsp3) is 0.667. The highest BCUT2D eigenvalue weighted by Gasteiger charge is 1.94. The van der Waals surface area contributed by atoms with Gasteiger partial charge in [0, 0.05) is 13.2 Å². The van der Waals surface area contributed by atoms with Crippen molar-refractivity contribution in [3.05, 3.63) is 13.2 Å². The van der Waals surface area contributed by atoms with Gasteiger partial charge in [0.25, 0.3) is 0 Å². The molecule has 0 atom stereocenters. The molecule has 0 bridgehead atoms. The number of ether oxygens (including phenoxy) is 1. The van der Waals surface area contributed by atoms with E-state index in [2.05, 4.69) is 13.2 Å². The number of hydrogen-bond acceptors (Lipinski definition) is 1. The molecule has 1 aliphatic heterocycles. The predicted octanol–water partition coefficient (Wildman–Crippen LogP) is 1.60. The highest BCUT2D eigenvalue weighted by atomic mass is 16.5. The third-order valence-corrected chi connectivity index (χ3v) is 0.827. The van der Waals surface area contributed by atoms with Gasteiger partial charge in [-0.1, -0.05) is 0 Å². The lowest BCUT2D eigenvalue weighted by molar-refractivity contribution is 0.198. The lowest BCUT2D eigenvalue weighted by atomic mass is 10.4.